The van der Waals surface area contributed by atoms with Gasteiger partial charge in [-0.3, -0.25) is 0 Å². The smallest absolute Gasteiger partial charge is 0.213 e. The molecule has 4 heteroatoms. The number of hydrogen-bond acceptors (Lipinski definition) is 4. The van der Waals surface area contributed by atoms with Crippen LogP contribution in [0.4, 0.5) is 0 Å². The minimum absolute atomic E-state index is 0.275. The van der Waals surface area contributed by atoms with Crippen LogP contribution in [0.15, 0.2) is 18.2 Å². The first-order valence-electron chi connectivity index (χ1n) is 7.31. The third-order valence-electron chi connectivity index (χ3n) is 3.62. The van der Waals surface area contributed by atoms with Crippen molar-refractivity contribution in [2.45, 2.75) is 57.2 Å². The predicted octanol–water partition coefficient (Wildman–Crippen LogP) is 2.57. The second kappa shape index (κ2) is 7.46. The number of aromatic nitrogens is 1. The van der Waals surface area contributed by atoms with Crippen molar-refractivity contribution in [2.75, 3.05) is 6.54 Å². The summed E-state index contributed by atoms with van der Waals surface area (Å²) in [5.74, 6) is 0.625. The normalized spacial score (nSPS) is 18.8. The molecule has 1 aliphatic carbocycles. The highest BCUT2D eigenvalue weighted by Crippen LogP contribution is 2.23. The molecule has 0 aromatic carbocycles. The van der Waals surface area contributed by atoms with Crippen LogP contribution in [0.25, 0.3) is 0 Å². The van der Waals surface area contributed by atoms with E-state index in [4.69, 9.17) is 10.5 Å². The Morgan fingerprint density at radius 1 is 1.26 bits per heavy atom. The second-order valence-electron chi connectivity index (χ2n) is 5.23. The topological polar surface area (TPSA) is 68.4 Å². The fourth-order valence-corrected chi connectivity index (χ4v) is 2.52. The van der Waals surface area contributed by atoms with E-state index < -0.39 is 6.10 Å². The highest BCUT2D eigenvalue weighted by Gasteiger charge is 2.15. The molecule has 0 spiro atoms. The van der Waals surface area contributed by atoms with Gasteiger partial charge < -0.3 is 15.6 Å². The van der Waals surface area contributed by atoms with E-state index in [9.17, 15) is 5.11 Å². The lowest BCUT2D eigenvalue weighted by atomic mass is 10.1. The lowest BCUT2D eigenvalue weighted by Gasteiger charge is -2.17. The van der Waals surface area contributed by atoms with Crippen LogP contribution in [0.3, 0.4) is 0 Å². The molecular weight excluding hydrogens is 240 g/mol. The Morgan fingerprint density at radius 3 is 2.68 bits per heavy atom. The van der Waals surface area contributed by atoms with Crippen LogP contribution in [-0.2, 0) is 0 Å². The molecule has 1 unspecified atom stereocenters. The first kappa shape index (κ1) is 14.3. The van der Waals surface area contributed by atoms with Crippen LogP contribution in [0.1, 0.15) is 56.7 Å². The van der Waals surface area contributed by atoms with Crippen LogP contribution in [-0.4, -0.2) is 22.7 Å². The molecule has 0 aliphatic heterocycles. The molecule has 19 heavy (non-hydrogen) atoms. The van der Waals surface area contributed by atoms with Gasteiger partial charge in [0.25, 0.3) is 0 Å². The fourth-order valence-electron chi connectivity index (χ4n) is 2.52. The van der Waals surface area contributed by atoms with Crippen molar-refractivity contribution >= 4 is 0 Å². The van der Waals surface area contributed by atoms with Gasteiger partial charge >= 0.3 is 0 Å². The number of aliphatic hydroxyl groups is 1. The third-order valence-corrected chi connectivity index (χ3v) is 3.62. The molecule has 3 N–H and O–H groups in total. The Hall–Kier alpha value is -1.13. The molecule has 4 nitrogen and oxygen atoms in total. The van der Waals surface area contributed by atoms with Crippen molar-refractivity contribution in [1.82, 2.24) is 4.98 Å². The van der Waals surface area contributed by atoms with Gasteiger partial charge in [0, 0.05) is 6.07 Å². The summed E-state index contributed by atoms with van der Waals surface area (Å²) in [5, 5.41) is 9.90. The molecule has 0 bridgehead atoms. The molecule has 1 saturated carbocycles. The zero-order valence-corrected chi connectivity index (χ0v) is 11.4. The summed E-state index contributed by atoms with van der Waals surface area (Å²) in [6, 6.07) is 5.57. The third kappa shape index (κ3) is 4.48. The Labute approximate surface area is 115 Å². The lowest BCUT2D eigenvalue weighted by Crippen LogP contribution is -2.16. The maximum atomic E-state index is 9.90. The van der Waals surface area contributed by atoms with Crippen molar-refractivity contribution in [3.63, 3.8) is 0 Å². The summed E-state index contributed by atoms with van der Waals surface area (Å²) in [5.41, 5.74) is 6.10. The maximum Gasteiger partial charge on any atom is 0.213 e. The molecule has 106 valence electrons. The number of hydrogen-bond donors (Lipinski definition) is 2. The number of aliphatic hydroxyl groups excluding tert-OH is 1. The van der Waals surface area contributed by atoms with E-state index in [1.165, 1.54) is 25.7 Å². The maximum absolute atomic E-state index is 9.90. The van der Waals surface area contributed by atoms with Gasteiger partial charge in [0.2, 0.25) is 5.88 Å². The molecule has 1 aliphatic rings. The van der Waals surface area contributed by atoms with Gasteiger partial charge in [0.15, 0.2) is 0 Å². The summed E-state index contributed by atoms with van der Waals surface area (Å²) in [4.78, 5) is 4.39. The zero-order chi connectivity index (χ0) is 13.5. The average Bonchev–Trinajstić information content (AvgIpc) is 2.68. The van der Waals surface area contributed by atoms with Gasteiger partial charge in [0.1, 0.15) is 6.10 Å². The summed E-state index contributed by atoms with van der Waals surface area (Å²) in [6.45, 7) is 0.455. The van der Waals surface area contributed by atoms with E-state index >= 15 is 0 Å². The Kier molecular flexibility index (Phi) is 5.61. The minimum Gasteiger partial charge on any atom is -0.474 e. The van der Waals surface area contributed by atoms with E-state index in [0.29, 0.717) is 24.5 Å². The molecule has 0 amide bonds. The lowest BCUT2D eigenvalue weighted by molar-refractivity contribution is 0.155. The van der Waals surface area contributed by atoms with Gasteiger partial charge in [-0.05, 0) is 44.7 Å². The first-order valence-corrected chi connectivity index (χ1v) is 7.31. The first-order chi connectivity index (χ1) is 9.29. The van der Waals surface area contributed by atoms with Crippen molar-refractivity contribution in [3.05, 3.63) is 23.9 Å². The highest BCUT2D eigenvalue weighted by molar-refractivity contribution is 5.17. The van der Waals surface area contributed by atoms with Gasteiger partial charge in [-0.15, -0.1) is 0 Å². The van der Waals surface area contributed by atoms with Crippen LogP contribution in [0.2, 0.25) is 0 Å². The Balaban J connectivity index is 1.97. The number of ether oxygens (including phenoxy) is 1. The monoisotopic (exact) mass is 264 g/mol. The van der Waals surface area contributed by atoms with Crippen LogP contribution < -0.4 is 10.5 Å². The molecule has 0 radical (unpaired) electrons. The minimum atomic E-state index is -0.595. The quantitative estimate of drug-likeness (QED) is 0.802. The number of nitrogens with two attached hydrogens (primary N) is 1. The highest BCUT2D eigenvalue weighted by atomic mass is 16.5. The predicted molar refractivity (Wildman–Crippen MR) is 75.0 cm³/mol. The molecule has 1 atom stereocenters. The van der Waals surface area contributed by atoms with Crippen LogP contribution in [0, 0.1) is 0 Å². The zero-order valence-electron chi connectivity index (χ0n) is 11.4. The van der Waals surface area contributed by atoms with Gasteiger partial charge in [-0.25, -0.2) is 4.98 Å². The largest absolute Gasteiger partial charge is 0.474 e. The van der Waals surface area contributed by atoms with Gasteiger partial charge in [-0.2, -0.15) is 0 Å². The van der Waals surface area contributed by atoms with Gasteiger partial charge in [-0.1, -0.05) is 18.9 Å². The molecule has 1 heterocycles. The SMILES string of the molecule is NCCC(O)c1cccc(OC2CCCCCC2)n1. The second-order valence-corrected chi connectivity index (χ2v) is 5.23. The van der Waals surface area contributed by atoms with Crippen molar-refractivity contribution in [3.8, 4) is 5.88 Å². The summed E-state index contributed by atoms with van der Waals surface area (Å²) in [7, 11) is 0. The Morgan fingerprint density at radius 2 is 2.00 bits per heavy atom. The standard InChI is InChI=1S/C15H24N2O2/c16-11-10-14(18)13-8-5-9-15(17-13)19-12-6-3-1-2-4-7-12/h5,8-9,12,14,18H,1-4,6-7,10-11,16H2. The molecule has 2 rings (SSSR count). The van der Waals surface area contributed by atoms with E-state index in [1.807, 2.05) is 18.2 Å². The Bertz CT molecular complexity index is 376. The molecule has 0 saturated heterocycles. The van der Waals surface area contributed by atoms with Crippen molar-refractivity contribution < 1.29 is 9.84 Å². The van der Waals surface area contributed by atoms with Crippen molar-refractivity contribution in [1.29, 1.82) is 0 Å². The molecule has 1 aromatic rings. The summed E-state index contributed by atoms with van der Waals surface area (Å²) >= 11 is 0. The van der Waals surface area contributed by atoms with Crippen molar-refractivity contribution in [2.24, 2.45) is 5.73 Å². The van der Waals surface area contributed by atoms with E-state index in [-0.39, 0.29) is 6.10 Å². The molecule has 1 aromatic heterocycles. The summed E-state index contributed by atoms with van der Waals surface area (Å²) < 4.78 is 5.95. The van der Waals surface area contributed by atoms with E-state index in [0.717, 1.165) is 12.8 Å². The number of pyridine rings is 1. The fraction of sp³-hybridized carbons (Fsp3) is 0.667. The molecule has 1 fully saturated rings. The number of nitrogens with zero attached hydrogens (tertiary/aromatic N) is 1. The average molecular weight is 264 g/mol. The molecular formula is C15H24N2O2. The van der Waals surface area contributed by atoms with Crippen LogP contribution >= 0.6 is 0 Å². The summed E-state index contributed by atoms with van der Waals surface area (Å²) in [6.07, 6.45) is 7.51. The van der Waals surface area contributed by atoms with E-state index in [2.05, 4.69) is 4.98 Å². The van der Waals surface area contributed by atoms with E-state index in [1.54, 1.807) is 0 Å². The van der Waals surface area contributed by atoms with Gasteiger partial charge in [0.05, 0.1) is 11.8 Å². The number of rotatable bonds is 5. The van der Waals surface area contributed by atoms with Crippen LogP contribution in [0.5, 0.6) is 5.88 Å².